The minimum absolute atomic E-state index is 0.0463. The van der Waals surface area contributed by atoms with Crippen LogP contribution >= 0.6 is 0 Å². The van der Waals surface area contributed by atoms with Crippen molar-refractivity contribution in [3.63, 3.8) is 0 Å². The highest BCUT2D eigenvalue weighted by atomic mass is 32.2. The Bertz CT molecular complexity index is 976. The molecule has 162 valence electrons. The lowest BCUT2D eigenvalue weighted by atomic mass is 10.1. The van der Waals surface area contributed by atoms with Gasteiger partial charge in [0.2, 0.25) is 15.9 Å². The molecular weight excluding hydrogens is 396 g/mol. The van der Waals surface area contributed by atoms with Gasteiger partial charge >= 0.3 is 0 Å². The molecule has 1 aliphatic rings. The molecule has 0 bridgehead atoms. The van der Waals surface area contributed by atoms with Gasteiger partial charge < -0.3 is 4.90 Å². The Labute approximate surface area is 180 Å². The molecule has 2 aromatic carbocycles. The van der Waals surface area contributed by atoms with E-state index in [1.165, 1.54) is 0 Å². The maximum absolute atomic E-state index is 12.9. The Morgan fingerprint density at radius 2 is 1.60 bits per heavy atom. The van der Waals surface area contributed by atoms with Gasteiger partial charge in [-0.1, -0.05) is 37.1 Å². The van der Waals surface area contributed by atoms with Crippen molar-refractivity contribution in [3.8, 4) is 0 Å². The SMILES string of the molecule is Cc1ccc(C)c(N(C)C(=O)CCc2ccc(S(=O)(=O)N3CCCCCC3)cc2)c1. The van der Waals surface area contributed by atoms with Crippen LogP contribution in [0.4, 0.5) is 5.69 Å². The van der Waals surface area contributed by atoms with E-state index in [9.17, 15) is 13.2 Å². The summed E-state index contributed by atoms with van der Waals surface area (Å²) in [6.07, 6.45) is 4.99. The minimum Gasteiger partial charge on any atom is -0.315 e. The van der Waals surface area contributed by atoms with E-state index in [-0.39, 0.29) is 5.91 Å². The standard InChI is InChI=1S/C24H32N2O3S/c1-19-8-9-20(2)23(18-19)25(3)24(27)15-12-21-10-13-22(14-11-21)30(28,29)26-16-6-4-5-7-17-26/h8-11,13-14,18H,4-7,12,15-17H2,1-3H3. The number of benzene rings is 2. The Kier molecular flexibility index (Phi) is 7.32. The molecule has 0 aliphatic carbocycles. The highest BCUT2D eigenvalue weighted by molar-refractivity contribution is 7.89. The average Bonchev–Trinajstić information content (AvgIpc) is 3.04. The van der Waals surface area contributed by atoms with Gasteiger partial charge in [0.1, 0.15) is 0 Å². The topological polar surface area (TPSA) is 57.7 Å². The molecule has 2 aromatic rings. The molecule has 0 spiro atoms. The quantitative estimate of drug-likeness (QED) is 0.682. The van der Waals surface area contributed by atoms with Gasteiger partial charge in [-0.2, -0.15) is 4.31 Å². The summed E-state index contributed by atoms with van der Waals surface area (Å²) in [6.45, 7) is 5.22. The molecule has 1 fully saturated rings. The number of hydrogen-bond donors (Lipinski definition) is 0. The first-order valence-corrected chi connectivity index (χ1v) is 12.2. The van der Waals surface area contributed by atoms with Crippen LogP contribution in [0.25, 0.3) is 0 Å². The molecular formula is C24H32N2O3S. The van der Waals surface area contributed by atoms with E-state index in [0.29, 0.717) is 30.8 Å². The molecule has 3 rings (SSSR count). The molecule has 5 nitrogen and oxygen atoms in total. The second-order valence-corrected chi connectivity index (χ2v) is 10.1. The van der Waals surface area contributed by atoms with E-state index < -0.39 is 10.0 Å². The van der Waals surface area contributed by atoms with Crippen LogP contribution in [0.2, 0.25) is 0 Å². The van der Waals surface area contributed by atoms with Crippen molar-refractivity contribution in [2.75, 3.05) is 25.0 Å². The number of carbonyl (C=O) groups excluding carboxylic acids is 1. The number of hydrogen-bond acceptors (Lipinski definition) is 3. The molecule has 0 unspecified atom stereocenters. The van der Waals surface area contributed by atoms with Crippen LogP contribution in [0.3, 0.4) is 0 Å². The van der Waals surface area contributed by atoms with Crippen LogP contribution in [0.5, 0.6) is 0 Å². The zero-order chi connectivity index (χ0) is 21.7. The van der Waals surface area contributed by atoms with Gasteiger partial charge in [0.15, 0.2) is 0 Å². The summed E-state index contributed by atoms with van der Waals surface area (Å²) in [5, 5.41) is 0. The number of rotatable bonds is 6. The van der Waals surface area contributed by atoms with Crippen LogP contribution in [0, 0.1) is 13.8 Å². The predicted octanol–water partition coefficient (Wildman–Crippen LogP) is 4.46. The first-order chi connectivity index (χ1) is 14.3. The highest BCUT2D eigenvalue weighted by Crippen LogP contribution is 2.23. The molecule has 0 atom stereocenters. The van der Waals surface area contributed by atoms with Crippen molar-refractivity contribution in [2.24, 2.45) is 0 Å². The summed E-state index contributed by atoms with van der Waals surface area (Å²) < 4.78 is 27.4. The number of sulfonamides is 1. The van der Waals surface area contributed by atoms with E-state index in [0.717, 1.165) is 48.1 Å². The first-order valence-electron chi connectivity index (χ1n) is 10.7. The summed E-state index contributed by atoms with van der Waals surface area (Å²) >= 11 is 0. The summed E-state index contributed by atoms with van der Waals surface area (Å²) in [5.41, 5.74) is 4.09. The molecule has 6 heteroatoms. The van der Waals surface area contributed by atoms with Crippen molar-refractivity contribution in [3.05, 3.63) is 59.2 Å². The zero-order valence-electron chi connectivity index (χ0n) is 18.2. The molecule has 0 N–H and O–H groups in total. The normalized spacial score (nSPS) is 15.6. The monoisotopic (exact) mass is 428 g/mol. The van der Waals surface area contributed by atoms with Crippen LogP contribution in [0.15, 0.2) is 47.4 Å². The molecule has 30 heavy (non-hydrogen) atoms. The zero-order valence-corrected chi connectivity index (χ0v) is 19.0. The summed E-state index contributed by atoms with van der Waals surface area (Å²) in [7, 11) is -1.63. The van der Waals surface area contributed by atoms with E-state index in [1.807, 2.05) is 44.2 Å². The molecule has 1 saturated heterocycles. The van der Waals surface area contributed by atoms with Crippen LogP contribution in [0.1, 0.15) is 48.8 Å². The third kappa shape index (κ3) is 5.29. The minimum atomic E-state index is -3.43. The summed E-state index contributed by atoms with van der Waals surface area (Å²) in [4.78, 5) is 14.7. The predicted molar refractivity (Wildman–Crippen MR) is 121 cm³/mol. The van der Waals surface area contributed by atoms with E-state index in [2.05, 4.69) is 0 Å². The third-order valence-electron chi connectivity index (χ3n) is 5.85. The van der Waals surface area contributed by atoms with Crippen molar-refractivity contribution in [1.29, 1.82) is 0 Å². The van der Waals surface area contributed by atoms with Gasteiger partial charge in [-0.05, 0) is 68.0 Å². The fourth-order valence-electron chi connectivity index (χ4n) is 3.89. The average molecular weight is 429 g/mol. The maximum Gasteiger partial charge on any atom is 0.243 e. The summed E-state index contributed by atoms with van der Waals surface area (Å²) in [6, 6.07) is 13.1. The fourth-order valence-corrected chi connectivity index (χ4v) is 5.41. The first kappa shape index (κ1) is 22.5. The van der Waals surface area contributed by atoms with Crippen molar-refractivity contribution in [1.82, 2.24) is 4.31 Å². The molecule has 1 heterocycles. The van der Waals surface area contributed by atoms with E-state index >= 15 is 0 Å². The Morgan fingerprint density at radius 3 is 2.23 bits per heavy atom. The molecule has 1 amide bonds. The number of anilines is 1. The Morgan fingerprint density at radius 1 is 0.967 bits per heavy atom. The number of nitrogens with zero attached hydrogens (tertiary/aromatic N) is 2. The summed E-state index contributed by atoms with van der Waals surface area (Å²) in [5.74, 6) is 0.0463. The fraction of sp³-hybridized carbons (Fsp3) is 0.458. The Balaban J connectivity index is 1.63. The lowest BCUT2D eigenvalue weighted by Crippen LogP contribution is -2.31. The van der Waals surface area contributed by atoms with Gasteiger partial charge in [-0.3, -0.25) is 4.79 Å². The number of carbonyl (C=O) groups is 1. The van der Waals surface area contributed by atoms with Gasteiger partial charge in [0, 0.05) is 32.2 Å². The maximum atomic E-state index is 12.9. The molecule has 0 radical (unpaired) electrons. The lowest BCUT2D eigenvalue weighted by molar-refractivity contribution is -0.118. The molecule has 0 saturated carbocycles. The van der Waals surface area contributed by atoms with Crippen LogP contribution < -0.4 is 4.90 Å². The van der Waals surface area contributed by atoms with E-state index in [4.69, 9.17) is 0 Å². The second-order valence-electron chi connectivity index (χ2n) is 8.20. The van der Waals surface area contributed by atoms with Gasteiger partial charge in [0.25, 0.3) is 0 Å². The smallest absolute Gasteiger partial charge is 0.243 e. The second kappa shape index (κ2) is 9.75. The molecule has 1 aliphatic heterocycles. The largest absolute Gasteiger partial charge is 0.315 e. The molecule has 0 aromatic heterocycles. The van der Waals surface area contributed by atoms with Crippen LogP contribution in [-0.2, 0) is 21.2 Å². The van der Waals surface area contributed by atoms with Gasteiger partial charge in [-0.15, -0.1) is 0 Å². The number of amides is 1. The Hall–Kier alpha value is -2.18. The van der Waals surface area contributed by atoms with Crippen LogP contribution in [-0.4, -0.2) is 38.8 Å². The van der Waals surface area contributed by atoms with Gasteiger partial charge in [-0.25, -0.2) is 8.42 Å². The van der Waals surface area contributed by atoms with E-state index in [1.54, 1.807) is 28.4 Å². The third-order valence-corrected chi connectivity index (χ3v) is 7.77. The van der Waals surface area contributed by atoms with Crippen molar-refractivity contribution in [2.45, 2.75) is 57.3 Å². The van der Waals surface area contributed by atoms with Gasteiger partial charge in [0.05, 0.1) is 4.90 Å². The lowest BCUT2D eigenvalue weighted by Gasteiger charge is -2.21. The highest BCUT2D eigenvalue weighted by Gasteiger charge is 2.25. The van der Waals surface area contributed by atoms with Crippen molar-refractivity contribution >= 4 is 21.6 Å². The van der Waals surface area contributed by atoms with Crippen molar-refractivity contribution < 1.29 is 13.2 Å². The number of aryl methyl sites for hydroxylation is 3.